The Morgan fingerprint density at radius 3 is 2.29 bits per heavy atom. The van der Waals surface area contributed by atoms with Gasteiger partial charge in [-0.15, -0.1) is 0 Å². The van der Waals surface area contributed by atoms with E-state index >= 15 is 0 Å². The fourth-order valence-corrected chi connectivity index (χ4v) is 2.77. The lowest BCUT2D eigenvalue weighted by atomic mass is 9.83. The summed E-state index contributed by atoms with van der Waals surface area (Å²) in [6.07, 6.45) is -4.44. The Labute approximate surface area is 178 Å². The van der Waals surface area contributed by atoms with Crippen LogP contribution >= 0.6 is 0 Å². The van der Waals surface area contributed by atoms with E-state index in [1.165, 1.54) is 38.4 Å². The number of carbonyl (C=O) groups is 2. The number of benzene rings is 2. The highest BCUT2D eigenvalue weighted by Crippen LogP contribution is 2.33. The number of carbonyl (C=O) groups excluding carboxylic acids is 2. The van der Waals surface area contributed by atoms with Gasteiger partial charge in [-0.1, -0.05) is 32.0 Å². The van der Waals surface area contributed by atoms with Crippen LogP contribution in [-0.4, -0.2) is 39.1 Å². The predicted octanol–water partition coefficient (Wildman–Crippen LogP) is 3.55. The zero-order valence-corrected chi connectivity index (χ0v) is 17.7. The van der Waals surface area contributed by atoms with Crippen LogP contribution in [0.2, 0.25) is 0 Å². The van der Waals surface area contributed by atoms with Crippen molar-refractivity contribution in [3.63, 3.8) is 0 Å². The third-order valence-electron chi connectivity index (χ3n) is 4.73. The first-order valence-electron chi connectivity index (χ1n) is 9.45. The van der Waals surface area contributed by atoms with Gasteiger partial charge in [0.1, 0.15) is 0 Å². The van der Waals surface area contributed by atoms with E-state index in [1.807, 2.05) is 0 Å². The van der Waals surface area contributed by atoms with Gasteiger partial charge in [-0.25, -0.2) is 0 Å². The predicted molar refractivity (Wildman–Crippen MR) is 109 cm³/mol. The Morgan fingerprint density at radius 1 is 1.00 bits per heavy atom. The van der Waals surface area contributed by atoms with Gasteiger partial charge in [0.05, 0.1) is 12.7 Å². The van der Waals surface area contributed by atoms with Gasteiger partial charge in [-0.2, -0.15) is 13.2 Å². The normalized spacial score (nSPS) is 11.6. The molecular weight excluding hydrogens is 413 g/mol. The van der Waals surface area contributed by atoms with E-state index < -0.39 is 23.1 Å². The summed E-state index contributed by atoms with van der Waals surface area (Å²) in [5.41, 5.74) is -0.735. The lowest BCUT2D eigenvalue weighted by Crippen LogP contribution is -2.36. The molecule has 0 bridgehead atoms. The van der Waals surface area contributed by atoms with Crippen molar-refractivity contribution in [3.8, 4) is 11.5 Å². The summed E-state index contributed by atoms with van der Waals surface area (Å²) < 4.78 is 49.6. The first-order valence-corrected chi connectivity index (χ1v) is 9.45. The number of ether oxygens (including phenoxy) is 2. The lowest BCUT2D eigenvalue weighted by molar-refractivity contribution is -0.137. The number of hydrogen-bond donors (Lipinski definition) is 2. The molecule has 0 fully saturated rings. The highest BCUT2D eigenvalue weighted by Gasteiger charge is 2.32. The molecule has 0 radical (unpaired) electrons. The Bertz CT molecular complexity index is 943. The van der Waals surface area contributed by atoms with Crippen LogP contribution in [0.1, 0.15) is 35.3 Å². The lowest BCUT2D eigenvalue weighted by Gasteiger charge is -2.26. The molecule has 2 rings (SSSR count). The summed E-state index contributed by atoms with van der Waals surface area (Å²) in [4.78, 5) is 23.9. The average Bonchev–Trinajstić information content (AvgIpc) is 2.75. The molecule has 0 unspecified atom stereocenters. The average molecular weight is 438 g/mol. The topological polar surface area (TPSA) is 76.7 Å². The molecule has 0 aliphatic carbocycles. The molecule has 2 N–H and O–H groups in total. The van der Waals surface area contributed by atoms with Crippen LogP contribution in [0.3, 0.4) is 0 Å². The van der Waals surface area contributed by atoms with Crippen LogP contribution in [-0.2, 0) is 16.4 Å². The molecule has 0 aliphatic rings. The van der Waals surface area contributed by atoms with E-state index in [1.54, 1.807) is 19.9 Å². The third kappa shape index (κ3) is 6.37. The standard InChI is InChI=1S/C22H25F3N2O4/c1-21(2,15-6-5-7-16(11-15)22(23,24)25)13-27-20(29)14-8-9-17(18(10-14)30-4)31-12-19(28)26-3/h5-11H,12-13H2,1-4H3,(H,26,28)(H,27,29). The number of halogens is 3. The van der Waals surface area contributed by atoms with Crippen molar-refractivity contribution in [2.75, 3.05) is 27.3 Å². The van der Waals surface area contributed by atoms with E-state index in [-0.39, 0.29) is 30.4 Å². The van der Waals surface area contributed by atoms with Crippen LogP contribution in [0.15, 0.2) is 42.5 Å². The van der Waals surface area contributed by atoms with Gasteiger partial charge in [-0.3, -0.25) is 9.59 Å². The number of hydrogen-bond acceptors (Lipinski definition) is 4. The van der Waals surface area contributed by atoms with Gasteiger partial charge in [0.2, 0.25) is 0 Å². The van der Waals surface area contributed by atoms with Crippen molar-refractivity contribution in [3.05, 3.63) is 59.2 Å². The summed E-state index contributed by atoms with van der Waals surface area (Å²) in [6.45, 7) is 3.41. The zero-order chi connectivity index (χ0) is 23.2. The maximum atomic E-state index is 13.0. The molecule has 2 aromatic carbocycles. The smallest absolute Gasteiger partial charge is 0.416 e. The molecule has 0 aliphatic heterocycles. The summed E-state index contributed by atoms with van der Waals surface area (Å²) >= 11 is 0. The van der Waals surface area contributed by atoms with Crippen LogP contribution in [0.4, 0.5) is 13.2 Å². The van der Waals surface area contributed by atoms with Gasteiger partial charge in [0, 0.05) is 24.6 Å². The molecule has 0 heterocycles. The van der Waals surface area contributed by atoms with Crippen LogP contribution in [0.5, 0.6) is 11.5 Å². The van der Waals surface area contributed by atoms with Crippen molar-refractivity contribution < 1.29 is 32.2 Å². The maximum absolute atomic E-state index is 13.0. The summed E-state index contributed by atoms with van der Waals surface area (Å²) in [5, 5.41) is 5.17. The molecule has 2 amide bonds. The number of amides is 2. The van der Waals surface area contributed by atoms with Crippen LogP contribution in [0.25, 0.3) is 0 Å². The molecule has 0 atom stereocenters. The molecule has 31 heavy (non-hydrogen) atoms. The Hall–Kier alpha value is -3.23. The van der Waals surface area contributed by atoms with E-state index in [9.17, 15) is 22.8 Å². The largest absolute Gasteiger partial charge is 0.493 e. The van der Waals surface area contributed by atoms with E-state index in [0.717, 1.165) is 12.1 Å². The molecule has 0 saturated carbocycles. The minimum absolute atomic E-state index is 0.115. The van der Waals surface area contributed by atoms with Gasteiger partial charge in [0.15, 0.2) is 18.1 Å². The minimum Gasteiger partial charge on any atom is -0.493 e. The highest BCUT2D eigenvalue weighted by molar-refractivity contribution is 5.95. The summed E-state index contributed by atoms with van der Waals surface area (Å²) in [7, 11) is 2.89. The highest BCUT2D eigenvalue weighted by atomic mass is 19.4. The molecule has 0 aromatic heterocycles. The van der Waals surface area contributed by atoms with Crippen molar-refractivity contribution in [1.82, 2.24) is 10.6 Å². The second-order valence-corrected chi connectivity index (χ2v) is 7.47. The van der Waals surface area contributed by atoms with Gasteiger partial charge in [0.25, 0.3) is 11.8 Å². The van der Waals surface area contributed by atoms with Gasteiger partial charge >= 0.3 is 6.18 Å². The Morgan fingerprint density at radius 2 is 1.68 bits per heavy atom. The second kappa shape index (κ2) is 9.72. The number of alkyl halides is 3. The molecule has 0 saturated heterocycles. The summed E-state index contributed by atoms with van der Waals surface area (Å²) in [5.74, 6) is -0.169. The van der Waals surface area contributed by atoms with Crippen LogP contribution < -0.4 is 20.1 Å². The quantitative estimate of drug-likeness (QED) is 0.661. The van der Waals surface area contributed by atoms with Gasteiger partial charge in [-0.05, 0) is 29.8 Å². The third-order valence-corrected chi connectivity index (χ3v) is 4.73. The molecule has 9 heteroatoms. The monoisotopic (exact) mass is 438 g/mol. The minimum atomic E-state index is -4.44. The second-order valence-electron chi connectivity index (χ2n) is 7.47. The number of methoxy groups -OCH3 is 1. The molecular formula is C22H25F3N2O4. The van der Waals surface area contributed by atoms with E-state index in [0.29, 0.717) is 11.3 Å². The van der Waals surface area contributed by atoms with Crippen molar-refractivity contribution in [1.29, 1.82) is 0 Å². The van der Waals surface area contributed by atoms with Crippen molar-refractivity contribution in [2.45, 2.75) is 25.4 Å². The number of rotatable bonds is 8. The molecule has 168 valence electrons. The first-order chi connectivity index (χ1) is 14.5. The fraction of sp³-hybridized carbons (Fsp3) is 0.364. The first kappa shape index (κ1) is 24.0. The zero-order valence-electron chi connectivity index (χ0n) is 17.7. The maximum Gasteiger partial charge on any atom is 0.416 e. The van der Waals surface area contributed by atoms with Crippen LogP contribution in [0, 0.1) is 0 Å². The molecule has 6 nitrogen and oxygen atoms in total. The van der Waals surface area contributed by atoms with Crippen molar-refractivity contribution in [2.24, 2.45) is 0 Å². The molecule has 2 aromatic rings. The Kier molecular flexibility index (Phi) is 7.54. The molecule has 0 spiro atoms. The SMILES string of the molecule is CNC(=O)COc1ccc(C(=O)NCC(C)(C)c2cccc(C(F)(F)F)c2)cc1OC. The summed E-state index contributed by atoms with van der Waals surface area (Å²) in [6, 6.07) is 9.54. The number of nitrogens with one attached hydrogen (secondary N) is 2. The van der Waals surface area contributed by atoms with Gasteiger partial charge < -0.3 is 20.1 Å². The Balaban J connectivity index is 2.10. The van der Waals surface area contributed by atoms with E-state index in [2.05, 4.69) is 10.6 Å². The van der Waals surface area contributed by atoms with E-state index in [4.69, 9.17) is 9.47 Å². The fourth-order valence-electron chi connectivity index (χ4n) is 2.77. The van der Waals surface area contributed by atoms with Crippen molar-refractivity contribution >= 4 is 11.8 Å². The number of likely N-dealkylation sites (N-methyl/N-ethyl adjacent to an activating group) is 1.